The molecule has 36 heavy (non-hydrogen) atoms. The minimum atomic E-state index is -1.85. The van der Waals surface area contributed by atoms with E-state index in [9.17, 15) is 24.0 Å². The average Bonchev–Trinajstić information content (AvgIpc) is 2.77. The minimum Gasteiger partial charge on any atom is -0.477 e. The zero-order chi connectivity index (χ0) is 27.4. The summed E-state index contributed by atoms with van der Waals surface area (Å²) >= 11 is 4.82. The Kier molecular flexibility index (Phi) is 12.4. The number of amides is 1. The molecular weight excluding hydrogens is 508 g/mol. The smallest absolute Gasteiger partial charge is 0.477 e. The first-order chi connectivity index (χ1) is 16.8. The third-order valence-corrected chi connectivity index (χ3v) is 4.74. The van der Waals surface area contributed by atoms with E-state index in [2.05, 4.69) is 14.8 Å². The standard InChI is InChI=1S/C20H28N2O13S/c1-9(23)22-15-11(31-6-4-5-14(21)36)7-12(18(25)30-3)34-17(15)16(33-10(2)24)13(35-20(28)29)8-32-19(26)27/h7,11,13,15-17H,4-6,8H2,1-3H3,(H2,21,36)(H,22,23)(H,26,27)(H,28,29)/t11?,13?,15?,16?,17-/m1/s1. The minimum absolute atomic E-state index is 0.0607. The quantitative estimate of drug-likeness (QED) is 0.106. The van der Waals surface area contributed by atoms with E-state index >= 15 is 0 Å². The van der Waals surface area contributed by atoms with Gasteiger partial charge in [0, 0.05) is 20.5 Å². The number of rotatable bonds is 13. The number of nitrogens with one attached hydrogen (secondary N) is 1. The molecule has 0 aromatic carbocycles. The highest BCUT2D eigenvalue weighted by atomic mass is 32.1. The highest BCUT2D eigenvalue weighted by Gasteiger charge is 2.48. The van der Waals surface area contributed by atoms with E-state index in [1.54, 1.807) is 0 Å². The molecule has 0 radical (unpaired) electrons. The fourth-order valence-corrected chi connectivity index (χ4v) is 3.37. The Bertz CT molecular complexity index is 878. The van der Waals surface area contributed by atoms with Gasteiger partial charge in [-0.2, -0.15) is 0 Å². The van der Waals surface area contributed by atoms with E-state index in [1.807, 2.05) is 0 Å². The van der Waals surface area contributed by atoms with Crippen molar-refractivity contribution in [1.29, 1.82) is 0 Å². The van der Waals surface area contributed by atoms with Gasteiger partial charge in [0.25, 0.3) is 0 Å². The van der Waals surface area contributed by atoms with Gasteiger partial charge < -0.3 is 49.7 Å². The molecule has 0 saturated heterocycles. The van der Waals surface area contributed by atoms with Crippen molar-refractivity contribution in [2.24, 2.45) is 5.73 Å². The number of methoxy groups -OCH3 is 1. The number of hydrogen-bond donors (Lipinski definition) is 4. The van der Waals surface area contributed by atoms with Gasteiger partial charge in [0.2, 0.25) is 11.7 Å². The van der Waals surface area contributed by atoms with Crippen LogP contribution in [-0.4, -0.2) is 96.1 Å². The lowest BCUT2D eigenvalue weighted by Crippen LogP contribution is -2.62. The number of nitrogens with two attached hydrogens (primary N) is 1. The Morgan fingerprint density at radius 1 is 1.17 bits per heavy atom. The molecule has 0 saturated carbocycles. The van der Waals surface area contributed by atoms with Gasteiger partial charge in [0.1, 0.15) is 12.7 Å². The summed E-state index contributed by atoms with van der Waals surface area (Å²) in [5.41, 5.74) is 5.48. The summed E-state index contributed by atoms with van der Waals surface area (Å²) in [6.07, 6.45) is -7.78. The van der Waals surface area contributed by atoms with Crippen LogP contribution in [-0.2, 0) is 42.8 Å². The molecular formula is C20H28N2O13S. The van der Waals surface area contributed by atoms with Crippen molar-refractivity contribution in [3.05, 3.63) is 11.8 Å². The predicted molar refractivity (Wildman–Crippen MR) is 121 cm³/mol. The third-order valence-electron chi connectivity index (χ3n) is 4.54. The molecule has 1 rings (SSSR count). The molecule has 5 atom stereocenters. The van der Waals surface area contributed by atoms with Crippen LogP contribution in [0.2, 0.25) is 0 Å². The molecule has 16 heteroatoms. The fraction of sp³-hybridized carbons (Fsp3) is 0.600. The molecule has 1 heterocycles. The largest absolute Gasteiger partial charge is 0.506 e. The first kappa shape index (κ1) is 30.4. The van der Waals surface area contributed by atoms with Crippen LogP contribution in [0.5, 0.6) is 0 Å². The summed E-state index contributed by atoms with van der Waals surface area (Å²) in [5.74, 6) is -2.90. The van der Waals surface area contributed by atoms with Crippen molar-refractivity contribution >= 4 is 47.4 Å². The van der Waals surface area contributed by atoms with Gasteiger partial charge in [-0.25, -0.2) is 14.4 Å². The highest BCUT2D eigenvalue weighted by molar-refractivity contribution is 7.80. The monoisotopic (exact) mass is 536 g/mol. The SMILES string of the molecule is COC(=O)C1=CC(OCCCC(N)=S)C(NC(C)=O)[C@H](C(OC(C)=O)C(COC(=O)O)OC(=O)O)O1. The van der Waals surface area contributed by atoms with Gasteiger partial charge in [-0.15, -0.1) is 0 Å². The van der Waals surface area contributed by atoms with Crippen LogP contribution in [0.1, 0.15) is 26.7 Å². The number of hydrogen-bond acceptors (Lipinski definition) is 12. The molecule has 5 N–H and O–H groups in total. The summed E-state index contributed by atoms with van der Waals surface area (Å²) in [6.45, 7) is 1.30. The maximum atomic E-state index is 12.3. The number of esters is 2. The highest BCUT2D eigenvalue weighted by Crippen LogP contribution is 2.28. The van der Waals surface area contributed by atoms with Gasteiger partial charge in [0.05, 0.1) is 18.1 Å². The van der Waals surface area contributed by atoms with Crippen molar-refractivity contribution < 1.29 is 62.6 Å². The molecule has 1 aliphatic rings. The summed E-state index contributed by atoms with van der Waals surface area (Å²) < 4.78 is 30.5. The maximum absolute atomic E-state index is 12.3. The van der Waals surface area contributed by atoms with Crippen molar-refractivity contribution in [1.82, 2.24) is 5.32 Å². The van der Waals surface area contributed by atoms with Crippen LogP contribution in [0.25, 0.3) is 0 Å². The third kappa shape index (κ3) is 10.3. The van der Waals surface area contributed by atoms with Gasteiger partial charge in [-0.05, 0) is 18.9 Å². The fourth-order valence-electron chi connectivity index (χ4n) is 3.23. The lowest BCUT2D eigenvalue weighted by molar-refractivity contribution is -0.178. The van der Waals surface area contributed by atoms with Crippen LogP contribution in [0, 0.1) is 0 Å². The predicted octanol–water partition coefficient (Wildman–Crippen LogP) is 0.0878. The maximum Gasteiger partial charge on any atom is 0.506 e. The second-order valence-corrected chi connectivity index (χ2v) is 7.83. The average molecular weight is 537 g/mol. The topological polar surface area (TPSA) is 219 Å². The molecule has 202 valence electrons. The molecule has 0 spiro atoms. The Balaban J connectivity index is 3.50. The second kappa shape index (κ2) is 14.7. The molecule has 0 aromatic heterocycles. The van der Waals surface area contributed by atoms with Gasteiger partial charge in [-0.1, -0.05) is 12.2 Å². The molecule has 0 aliphatic carbocycles. The lowest BCUT2D eigenvalue weighted by Gasteiger charge is -2.41. The summed E-state index contributed by atoms with van der Waals surface area (Å²) in [6, 6.07) is -1.19. The number of thiocarbonyl (C=S) groups is 1. The number of carbonyl (C=O) groups is 5. The van der Waals surface area contributed by atoms with Gasteiger partial charge in [-0.3, -0.25) is 9.59 Å². The van der Waals surface area contributed by atoms with Crippen LogP contribution < -0.4 is 11.1 Å². The van der Waals surface area contributed by atoms with Crippen molar-refractivity contribution in [3.63, 3.8) is 0 Å². The molecule has 1 amide bonds. The Labute approximate surface area is 210 Å². The Morgan fingerprint density at radius 2 is 1.83 bits per heavy atom. The Hall–Kier alpha value is -3.66. The van der Waals surface area contributed by atoms with E-state index in [0.29, 0.717) is 12.8 Å². The molecule has 0 bridgehead atoms. The van der Waals surface area contributed by atoms with Gasteiger partial charge >= 0.3 is 24.2 Å². The lowest BCUT2D eigenvalue weighted by atomic mass is 9.93. The van der Waals surface area contributed by atoms with E-state index in [0.717, 1.165) is 14.0 Å². The summed E-state index contributed by atoms with van der Waals surface area (Å²) in [5, 5.41) is 20.6. The van der Waals surface area contributed by atoms with E-state index in [1.165, 1.54) is 13.0 Å². The molecule has 1 aliphatic heterocycles. The van der Waals surface area contributed by atoms with Gasteiger partial charge in [0.15, 0.2) is 18.3 Å². The zero-order valence-corrected chi connectivity index (χ0v) is 20.5. The first-order valence-electron chi connectivity index (χ1n) is 10.4. The van der Waals surface area contributed by atoms with Crippen LogP contribution >= 0.6 is 12.2 Å². The van der Waals surface area contributed by atoms with Crippen LogP contribution in [0.3, 0.4) is 0 Å². The van der Waals surface area contributed by atoms with E-state index in [-0.39, 0.29) is 11.6 Å². The van der Waals surface area contributed by atoms with Crippen molar-refractivity contribution in [2.45, 2.75) is 57.1 Å². The normalized spacial score (nSPS) is 20.4. The van der Waals surface area contributed by atoms with E-state index < -0.39 is 73.0 Å². The second-order valence-electron chi connectivity index (χ2n) is 7.31. The molecule has 4 unspecified atom stereocenters. The molecule has 0 fully saturated rings. The number of carbonyl (C=O) groups excluding carboxylic acids is 3. The summed E-state index contributed by atoms with van der Waals surface area (Å²) in [4.78, 5) is 58.6. The van der Waals surface area contributed by atoms with Crippen LogP contribution in [0.15, 0.2) is 11.8 Å². The number of carboxylic acid groups (broad SMARTS) is 2. The summed E-state index contributed by atoms with van der Waals surface area (Å²) in [7, 11) is 1.07. The van der Waals surface area contributed by atoms with Crippen molar-refractivity contribution in [3.8, 4) is 0 Å². The first-order valence-corrected chi connectivity index (χ1v) is 10.8. The molecule has 0 aromatic rings. The Morgan fingerprint density at radius 3 is 2.33 bits per heavy atom. The van der Waals surface area contributed by atoms with E-state index in [4.69, 9.17) is 47.1 Å². The molecule has 15 nitrogen and oxygen atoms in total. The van der Waals surface area contributed by atoms with Crippen LogP contribution in [0.4, 0.5) is 9.59 Å². The number of ether oxygens (including phenoxy) is 6. The zero-order valence-electron chi connectivity index (χ0n) is 19.7. The van der Waals surface area contributed by atoms with Crippen molar-refractivity contribution in [2.75, 3.05) is 20.3 Å².